The van der Waals surface area contributed by atoms with E-state index in [1.807, 2.05) is 0 Å². The van der Waals surface area contributed by atoms with E-state index in [-0.39, 0.29) is 30.1 Å². The summed E-state index contributed by atoms with van der Waals surface area (Å²) in [4.78, 5) is 36.3. The highest BCUT2D eigenvalue weighted by Gasteiger charge is 2.46. The molecule has 1 saturated carbocycles. The van der Waals surface area contributed by atoms with Gasteiger partial charge in [-0.05, 0) is 24.7 Å². The molecule has 6 nitrogen and oxygen atoms in total. The first-order chi connectivity index (χ1) is 9.43. The molecule has 0 aromatic carbocycles. The second-order valence-corrected chi connectivity index (χ2v) is 6.17. The maximum atomic E-state index is 12.2. The summed E-state index contributed by atoms with van der Waals surface area (Å²) in [6, 6.07) is -0.815. The fourth-order valence-corrected chi connectivity index (χ4v) is 3.35. The average molecular weight is 281 g/mol. The Hall–Kier alpha value is -1.43. The summed E-state index contributed by atoms with van der Waals surface area (Å²) in [7, 11) is 0. The van der Waals surface area contributed by atoms with Gasteiger partial charge in [0, 0.05) is 19.4 Å². The second-order valence-electron chi connectivity index (χ2n) is 6.17. The molecular formula is C14H23N3O3. The molecule has 0 bridgehead atoms. The van der Waals surface area contributed by atoms with E-state index >= 15 is 0 Å². The number of hydrogen-bond acceptors (Lipinski definition) is 4. The Balaban J connectivity index is 1.96. The molecule has 2 aliphatic rings. The molecule has 2 fully saturated rings. The number of nitrogens with zero attached hydrogens (tertiary/aromatic N) is 1. The lowest BCUT2D eigenvalue weighted by atomic mass is 9.73. The van der Waals surface area contributed by atoms with Crippen LogP contribution in [0.3, 0.4) is 0 Å². The maximum Gasteiger partial charge on any atom is 0.246 e. The normalized spacial score (nSPS) is 23.1. The Bertz CT molecular complexity index is 416. The molecular weight excluding hydrogens is 258 g/mol. The number of imide groups is 1. The van der Waals surface area contributed by atoms with Crippen molar-refractivity contribution in [3.63, 3.8) is 0 Å². The van der Waals surface area contributed by atoms with Crippen molar-refractivity contribution in [1.29, 1.82) is 0 Å². The van der Waals surface area contributed by atoms with Crippen LogP contribution in [0.5, 0.6) is 0 Å². The van der Waals surface area contributed by atoms with E-state index in [9.17, 15) is 14.4 Å². The monoisotopic (exact) mass is 281 g/mol. The third kappa shape index (κ3) is 3.17. The predicted octanol–water partition coefficient (Wildman–Crippen LogP) is 0.289. The van der Waals surface area contributed by atoms with Crippen LogP contribution in [0.15, 0.2) is 0 Å². The minimum atomic E-state index is -0.815. The molecule has 1 unspecified atom stereocenters. The van der Waals surface area contributed by atoms with Crippen molar-refractivity contribution in [3.8, 4) is 0 Å². The van der Waals surface area contributed by atoms with Crippen LogP contribution in [0.25, 0.3) is 0 Å². The minimum Gasteiger partial charge on any atom is -0.370 e. The summed E-state index contributed by atoms with van der Waals surface area (Å²) in [6.45, 7) is 0.495. The Labute approximate surface area is 118 Å². The van der Waals surface area contributed by atoms with Crippen LogP contribution in [0, 0.1) is 5.41 Å². The molecule has 20 heavy (non-hydrogen) atoms. The van der Waals surface area contributed by atoms with Crippen molar-refractivity contribution in [2.45, 2.75) is 57.4 Å². The zero-order valence-corrected chi connectivity index (χ0v) is 11.8. The van der Waals surface area contributed by atoms with Gasteiger partial charge in [-0.1, -0.05) is 19.3 Å². The van der Waals surface area contributed by atoms with Gasteiger partial charge in [-0.25, -0.2) is 0 Å². The first kappa shape index (κ1) is 15.0. The number of likely N-dealkylation sites (tertiary alicyclic amines) is 1. The lowest BCUT2D eigenvalue weighted by Crippen LogP contribution is -2.45. The van der Waals surface area contributed by atoms with E-state index < -0.39 is 11.9 Å². The highest BCUT2D eigenvalue weighted by atomic mass is 16.2. The number of rotatable bonds is 4. The first-order valence-electron chi connectivity index (χ1n) is 7.32. The average Bonchev–Trinajstić information content (AvgIpc) is 2.72. The van der Waals surface area contributed by atoms with Crippen molar-refractivity contribution in [3.05, 3.63) is 0 Å². The van der Waals surface area contributed by atoms with Crippen LogP contribution < -0.4 is 11.5 Å². The lowest BCUT2D eigenvalue weighted by Gasteiger charge is -2.32. The maximum absolute atomic E-state index is 12.2. The van der Waals surface area contributed by atoms with Crippen LogP contribution in [-0.2, 0) is 14.4 Å². The summed E-state index contributed by atoms with van der Waals surface area (Å²) in [6.07, 6.45) is 6.22. The van der Waals surface area contributed by atoms with Gasteiger partial charge in [-0.3, -0.25) is 19.3 Å². The molecule has 3 amide bonds. The fourth-order valence-electron chi connectivity index (χ4n) is 3.35. The van der Waals surface area contributed by atoms with Gasteiger partial charge < -0.3 is 11.5 Å². The number of primary amides is 1. The number of carbonyl (C=O) groups excluding carboxylic acids is 3. The molecule has 1 heterocycles. The summed E-state index contributed by atoms with van der Waals surface area (Å²) in [5.74, 6) is -0.963. The van der Waals surface area contributed by atoms with Crippen molar-refractivity contribution in [1.82, 2.24) is 4.90 Å². The number of nitrogens with two attached hydrogens (primary N) is 2. The van der Waals surface area contributed by atoms with Crippen molar-refractivity contribution in [2.24, 2.45) is 16.9 Å². The van der Waals surface area contributed by atoms with Crippen molar-refractivity contribution < 1.29 is 14.4 Å². The molecule has 1 saturated heterocycles. The molecule has 1 spiro atoms. The third-order valence-electron chi connectivity index (χ3n) is 4.52. The number of amides is 3. The van der Waals surface area contributed by atoms with Gasteiger partial charge >= 0.3 is 0 Å². The van der Waals surface area contributed by atoms with Crippen molar-refractivity contribution >= 4 is 17.7 Å². The van der Waals surface area contributed by atoms with Crippen molar-refractivity contribution in [2.75, 3.05) is 6.54 Å². The molecule has 6 heteroatoms. The molecule has 4 N–H and O–H groups in total. The van der Waals surface area contributed by atoms with Crippen LogP contribution in [0.1, 0.15) is 51.4 Å². The van der Waals surface area contributed by atoms with Gasteiger partial charge in [0.2, 0.25) is 17.7 Å². The van der Waals surface area contributed by atoms with E-state index in [0.717, 1.165) is 25.7 Å². The third-order valence-corrected chi connectivity index (χ3v) is 4.52. The van der Waals surface area contributed by atoms with Gasteiger partial charge in [0.15, 0.2) is 0 Å². The number of hydrogen-bond donors (Lipinski definition) is 2. The topological polar surface area (TPSA) is 106 Å². The Morgan fingerprint density at radius 1 is 1.25 bits per heavy atom. The highest BCUT2D eigenvalue weighted by Crippen LogP contribution is 2.44. The summed E-state index contributed by atoms with van der Waals surface area (Å²) >= 11 is 0. The molecule has 112 valence electrons. The predicted molar refractivity (Wildman–Crippen MR) is 73.3 cm³/mol. The van der Waals surface area contributed by atoms with E-state index in [1.54, 1.807) is 0 Å². The smallest absolute Gasteiger partial charge is 0.246 e. The van der Waals surface area contributed by atoms with Gasteiger partial charge in [0.25, 0.3) is 0 Å². The molecule has 1 aliphatic heterocycles. The zero-order valence-electron chi connectivity index (χ0n) is 11.8. The van der Waals surface area contributed by atoms with E-state index in [4.69, 9.17) is 11.5 Å². The number of carbonyl (C=O) groups is 3. The van der Waals surface area contributed by atoms with Crippen LogP contribution >= 0.6 is 0 Å². The Kier molecular flexibility index (Phi) is 4.42. The SMILES string of the molecule is NC(=O)CCC(N)C(=O)N1CC2(CCCCC2)CC1=O. The zero-order chi connectivity index (χ0) is 14.8. The molecule has 1 aliphatic carbocycles. The summed E-state index contributed by atoms with van der Waals surface area (Å²) in [5, 5.41) is 0. The van der Waals surface area contributed by atoms with Gasteiger partial charge in [0.05, 0.1) is 6.04 Å². The molecule has 1 atom stereocenters. The van der Waals surface area contributed by atoms with Crippen LogP contribution in [-0.4, -0.2) is 35.2 Å². The van der Waals surface area contributed by atoms with Crippen LogP contribution in [0.4, 0.5) is 0 Å². The van der Waals surface area contributed by atoms with Gasteiger partial charge in [0.1, 0.15) is 0 Å². The van der Waals surface area contributed by atoms with E-state index in [0.29, 0.717) is 13.0 Å². The molecule has 0 aromatic rings. The lowest BCUT2D eigenvalue weighted by molar-refractivity contribution is -0.142. The minimum absolute atomic E-state index is 0.0194. The largest absolute Gasteiger partial charge is 0.370 e. The van der Waals surface area contributed by atoms with E-state index in [2.05, 4.69) is 0 Å². The Morgan fingerprint density at radius 2 is 1.90 bits per heavy atom. The summed E-state index contributed by atoms with van der Waals surface area (Å²) in [5.41, 5.74) is 10.8. The highest BCUT2D eigenvalue weighted by molar-refractivity contribution is 5.99. The molecule has 2 rings (SSSR count). The van der Waals surface area contributed by atoms with Crippen LogP contribution in [0.2, 0.25) is 0 Å². The standard InChI is InChI=1S/C14H23N3O3/c15-10(4-5-11(16)18)13(20)17-9-14(8-12(17)19)6-2-1-3-7-14/h10H,1-9,15H2,(H2,16,18). The quantitative estimate of drug-likeness (QED) is 0.772. The molecule has 0 aromatic heterocycles. The fraction of sp³-hybridized carbons (Fsp3) is 0.786. The second kappa shape index (κ2) is 5.91. The van der Waals surface area contributed by atoms with Gasteiger partial charge in [-0.15, -0.1) is 0 Å². The van der Waals surface area contributed by atoms with Gasteiger partial charge in [-0.2, -0.15) is 0 Å². The molecule has 0 radical (unpaired) electrons. The Morgan fingerprint density at radius 3 is 2.50 bits per heavy atom. The van der Waals surface area contributed by atoms with E-state index in [1.165, 1.54) is 11.3 Å². The summed E-state index contributed by atoms with van der Waals surface area (Å²) < 4.78 is 0. The first-order valence-corrected chi connectivity index (χ1v) is 7.32.